The summed E-state index contributed by atoms with van der Waals surface area (Å²) in [6.07, 6.45) is 0.751. The maximum absolute atomic E-state index is 12.5. The van der Waals surface area contributed by atoms with Crippen LogP contribution in [0.3, 0.4) is 0 Å². The van der Waals surface area contributed by atoms with Gasteiger partial charge in [-0.15, -0.1) is 0 Å². The molecule has 1 N–H and O–H groups in total. The molecule has 7 nitrogen and oxygen atoms in total. The summed E-state index contributed by atoms with van der Waals surface area (Å²) >= 11 is 6.08. The molecular weight excluding hydrogens is 398 g/mol. The number of aryl methyl sites for hydroxylation is 3. The predicted molar refractivity (Wildman–Crippen MR) is 113 cm³/mol. The van der Waals surface area contributed by atoms with E-state index in [-0.39, 0.29) is 10.0 Å². The zero-order chi connectivity index (χ0) is 20.3. The normalized spacial score (nSPS) is 15.9. The van der Waals surface area contributed by atoms with Gasteiger partial charge in [0.1, 0.15) is 10.0 Å². The third-order valence-corrected chi connectivity index (χ3v) is 7.21. The molecule has 0 saturated carbocycles. The fraction of sp³-hybridized carbons (Fsp3) is 0.526. The van der Waals surface area contributed by atoms with Crippen LogP contribution in [0.15, 0.2) is 29.2 Å². The summed E-state index contributed by atoms with van der Waals surface area (Å²) in [6, 6.07) is 8.58. The van der Waals surface area contributed by atoms with E-state index in [0.29, 0.717) is 12.2 Å². The Hall–Kier alpha value is -1.61. The van der Waals surface area contributed by atoms with Gasteiger partial charge in [0.2, 0.25) is 10.0 Å². The van der Waals surface area contributed by atoms with Crippen LogP contribution >= 0.6 is 11.6 Å². The van der Waals surface area contributed by atoms with Crippen LogP contribution in [0, 0.1) is 13.8 Å². The lowest BCUT2D eigenvalue weighted by Crippen LogP contribution is -2.47. The van der Waals surface area contributed by atoms with Crippen LogP contribution in [0.2, 0.25) is 5.15 Å². The molecular formula is C19H28ClN5O2S. The van der Waals surface area contributed by atoms with Gasteiger partial charge < -0.3 is 4.90 Å². The number of benzene rings is 1. The fourth-order valence-electron chi connectivity index (χ4n) is 3.55. The zero-order valence-corrected chi connectivity index (χ0v) is 18.2. The molecule has 0 bridgehead atoms. The molecule has 0 amide bonds. The number of hydrogen-bond acceptors (Lipinski definition) is 5. The van der Waals surface area contributed by atoms with E-state index in [2.05, 4.69) is 50.8 Å². The molecule has 1 aliphatic rings. The van der Waals surface area contributed by atoms with E-state index < -0.39 is 10.0 Å². The number of hydrogen-bond donors (Lipinski definition) is 1. The van der Waals surface area contributed by atoms with Crippen molar-refractivity contribution in [2.75, 3.05) is 44.2 Å². The van der Waals surface area contributed by atoms with Crippen molar-refractivity contribution in [2.24, 2.45) is 7.05 Å². The Labute approximate surface area is 172 Å². The minimum absolute atomic E-state index is 0.0726. The highest BCUT2D eigenvalue weighted by atomic mass is 35.5. The fourth-order valence-corrected chi connectivity index (χ4v) is 5.37. The molecule has 1 aromatic heterocycles. The minimum atomic E-state index is -3.64. The van der Waals surface area contributed by atoms with Crippen molar-refractivity contribution >= 4 is 27.3 Å². The van der Waals surface area contributed by atoms with Gasteiger partial charge in [-0.1, -0.05) is 23.7 Å². The molecule has 1 fully saturated rings. The molecule has 3 rings (SSSR count). The molecule has 2 aromatic rings. The summed E-state index contributed by atoms with van der Waals surface area (Å²) in [5, 5.41) is 4.21. The van der Waals surface area contributed by atoms with Crippen LogP contribution in [0.1, 0.15) is 17.7 Å². The second kappa shape index (κ2) is 8.82. The Kier molecular flexibility index (Phi) is 6.65. The number of nitrogens with one attached hydrogen (secondary N) is 1. The van der Waals surface area contributed by atoms with Crippen LogP contribution in [0.25, 0.3) is 0 Å². The summed E-state index contributed by atoms with van der Waals surface area (Å²) in [5.74, 6) is 0. The average Bonchev–Trinajstić information content (AvgIpc) is 2.92. The van der Waals surface area contributed by atoms with Crippen molar-refractivity contribution in [1.82, 2.24) is 19.4 Å². The van der Waals surface area contributed by atoms with Gasteiger partial charge in [0, 0.05) is 45.5 Å². The van der Waals surface area contributed by atoms with Gasteiger partial charge in [0.05, 0.1) is 5.69 Å². The summed E-state index contributed by atoms with van der Waals surface area (Å²) in [5.41, 5.74) is 2.96. The lowest BCUT2D eigenvalue weighted by Gasteiger charge is -2.36. The highest BCUT2D eigenvalue weighted by molar-refractivity contribution is 7.89. The second-order valence-corrected chi connectivity index (χ2v) is 9.31. The first kappa shape index (κ1) is 21.1. The maximum atomic E-state index is 12.5. The van der Waals surface area contributed by atoms with E-state index in [1.165, 1.54) is 15.9 Å². The predicted octanol–water partition coefficient (Wildman–Crippen LogP) is 2.18. The van der Waals surface area contributed by atoms with Crippen LogP contribution in [0.5, 0.6) is 0 Å². The molecule has 1 aromatic carbocycles. The molecule has 9 heteroatoms. The Balaban J connectivity index is 1.44. The third-order valence-electron chi connectivity index (χ3n) is 5.05. The smallest absolute Gasteiger partial charge is 0.245 e. The Morgan fingerprint density at radius 2 is 1.89 bits per heavy atom. The number of rotatable bonds is 7. The summed E-state index contributed by atoms with van der Waals surface area (Å²) in [4.78, 5) is 4.85. The SMILES string of the molecule is Cc1cccc(N2CCN(CCCNS(=O)(=O)c3c(C)nn(C)c3Cl)CC2)c1. The van der Waals surface area contributed by atoms with Gasteiger partial charge in [0.25, 0.3) is 0 Å². The number of sulfonamides is 1. The van der Waals surface area contributed by atoms with Crippen molar-refractivity contribution in [1.29, 1.82) is 0 Å². The number of halogens is 1. The number of aromatic nitrogens is 2. The molecule has 1 aliphatic heterocycles. The topological polar surface area (TPSA) is 70.5 Å². The maximum Gasteiger partial charge on any atom is 0.245 e. The van der Waals surface area contributed by atoms with Crippen LogP contribution in [-0.4, -0.2) is 62.4 Å². The summed E-state index contributed by atoms with van der Waals surface area (Å²) in [7, 11) is -2.01. The van der Waals surface area contributed by atoms with Gasteiger partial charge in [-0.3, -0.25) is 9.58 Å². The number of piperazine rings is 1. The first-order valence-corrected chi connectivity index (χ1v) is 11.4. The van der Waals surface area contributed by atoms with Crippen molar-refractivity contribution in [3.8, 4) is 0 Å². The second-order valence-electron chi connectivity index (χ2n) is 7.25. The van der Waals surface area contributed by atoms with Crippen molar-refractivity contribution < 1.29 is 8.42 Å². The zero-order valence-electron chi connectivity index (χ0n) is 16.7. The van der Waals surface area contributed by atoms with E-state index in [9.17, 15) is 8.42 Å². The Bertz CT molecular complexity index is 920. The summed E-state index contributed by atoms with van der Waals surface area (Å²) < 4.78 is 29.0. The number of nitrogens with zero attached hydrogens (tertiary/aromatic N) is 4. The van der Waals surface area contributed by atoms with E-state index in [4.69, 9.17) is 11.6 Å². The molecule has 1 saturated heterocycles. The Morgan fingerprint density at radius 1 is 1.18 bits per heavy atom. The van der Waals surface area contributed by atoms with Crippen molar-refractivity contribution in [3.63, 3.8) is 0 Å². The minimum Gasteiger partial charge on any atom is -0.369 e. The van der Waals surface area contributed by atoms with Crippen LogP contribution in [0.4, 0.5) is 5.69 Å². The van der Waals surface area contributed by atoms with Gasteiger partial charge in [-0.05, 0) is 44.5 Å². The third kappa shape index (κ3) is 4.86. The highest BCUT2D eigenvalue weighted by Gasteiger charge is 2.25. The lowest BCUT2D eigenvalue weighted by molar-refractivity contribution is 0.255. The summed E-state index contributed by atoms with van der Waals surface area (Å²) in [6.45, 7) is 8.94. The monoisotopic (exact) mass is 425 g/mol. The standard InChI is InChI=1S/C19H28ClN5O2S/c1-15-6-4-7-17(14-15)25-12-10-24(11-13-25)9-5-8-21-28(26,27)18-16(2)22-23(3)19(18)20/h4,6-7,14,21H,5,8-13H2,1-3H3. The molecule has 154 valence electrons. The van der Waals surface area contributed by atoms with Gasteiger partial charge >= 0.3 is 0 Å². The van der Waals surface area contributed by atoms with Gasteiger partial charge in [0.15, 0.2) is 0 Å². The van der Waals surface area contributed by atoms with Crippen LogP contribution in [-0.2, 0) is 17.1 Å². The van der Waals surface area contributed by atoms with Gasteiger partial charge in [-0.25, -0.2) is 13.1 Å². The van der Waals surface area contributed by atoms with E-state index in [1.807, 2.05) is 0 Å². The Morgan fingerprint density at radius 3 is 2.50 bits per heavy atom. The van der Waals surface area contributed by atoms with Crippen LogP contribution < -0.4 is 9.62 Å². The quantitative estimate of drug-likeness (QED) is 0.688. The molecule has 0 atom stereocenters. The molecule has 28 heavy (non-hydrogen) atoms. The van der Waals surface area contributed by atoms with E-state index >= 15 is 0 Å². The molecule has 0 spiro atoms. The lowest BCUT2D eigenvalue weighted by atomic mass is 10.2. The van der Waals surface area contributed by atoms with Crippen molar-refractivity contribution in [2.45, 2.75) is 25.2 Å². The largest absolute Gasteiger partial charge is 0.369 e. The molecule has 0 unspecified atom stereocenters. The average molecular weight is 426 g/mol. The molecule has 0 radical (unpaired) electrons. The first-order valence-electron chi connectivity index (χ1n) is 9.50. The molecule has 2 heterocycles. The highest BCUT2D eigenvalue weighted by Crippen LogP contribution is 2.23. The van der Waals surface area contributed by atoms with E-state index in [0.717, 1.165) is 39.1 Å². The first-order chi connectivity index (χ1) is 13.3. The van der Waals surface area contributed by atoms with E-state index in [1.54, 1.807) is 14.0 Å². The van der Waals surface area contributed by atoms with Crippen molar-refractivity contribution in [3.05, 3.63) is 40.7 Å². The van der Waals surface area contributed by atoms with Gasteiger partial charge in [-0.2, -0.15) is 5.10 Å². The number of anilines is 1. The molecule has 0 aliphatic carbocycles.